The number of aliphatic hydroxyl groups is 2. The van der Waals surface area contributed by atoms with Crippen LogP contribution in [-0.4, -0.2) is 22.4 Å². The van der Waals surface area contributed by atoms with E-state index in [-0.39, 0.29) is 0 Å². The van der Waals surface area contributed by atoms with Crippen molar-refractivity contribution in [2.24, 2.45) is 5.73 Å². The van der Waals surface area contributed by atoms with E-state index in [0.717, 1.165) is 31.2 Å². The first kappa shape index (κ1) is 16.5. The maximum atomic E-state index is 10.5. The van der Waals surface area contributed by atoms with Crippen LogP contribution in [0.25, 0.3) is 6.08 Å². The van der Waals surface area contributed by atoms with Crippen molar-refractivity contribution in [2.75, 3.05) is 6.54 Å². The summed E-state index contributed by atoms with van der Waals surface area (Å²) in [6.07, 6.45) is 8.62. The quantitative estimate of drug-likeness (QED) is 0.780. The predicted molar refractivity (Wildman–Crippen MR) is 87.2 cm³/mol. The first-order valence-electron chi connectivity index (χ1n) is 7.63. The third-order valence-corrected chi connectivity index (χ3v) is 4.47. The van der Waals surface area contributed by atoms with Gasteiger partial charge in [-0.1, -0.05) is 49.1 Å². The van der Waals surface area contributed by atoms with Crippen molar-refractivity contribution < 1.29 is 10.2 Å². The fraction of sp³-hybridized carbons (Fsp3) is 0.529. The average Bonchev–Trinajstić information content (AvgIpc) is 2.47. The molecule has 21 heavy (non-hydrogen) atoms. The zero-order chi connectivity index (χ0) is 15.3. The van der Waals surface area contributed by atoms with E-state index in [1.165, 1.54) is 6.42 Å². The van der Waals surface area contributed by atoms with Gasteiger partial charge in [0.1, 0.15) is 0 Å². The van der Waals surface area contributed by atoms with Gasteiger partial charge >= 0.3 is 0 Å². The summed E-state index contributed by atoms with van der Waals surface area (Å²) in [5.41, 5.74) is 6.42. The molecule has 1 aliphatic carbocycles. The first-order chi connectivity index (χ1) is 10.0. The van der Waals surface area contributed by atoms with E-state index in [1.807, 2.05) is 24.3 Å². The Bertz CT molecular complexity index is 496. The Morgan fingerprint density at radius 3 is 2.67 bits per heavy atom. The lowest BCUT2D eigenvalue weighted by atomic mass is 9.84. The molecule has 0 saturated heterocycles. The SMILES string of the molecule is NCCC(O)c1cc(/C=C/C2(O)CCCCC2)ccc1Cl. The summed E-state index contributed by atoms with van der Waals surface area (Å²) in [7, 11) is 0. The Balaban J connectivity index is 2.15. The zero-order valence-corrected chi connectivity index (χ0v) is 13.0. The van der Waals surface area contributed by atoms with Crippen molar-refractivity contribution in [1.82, 2.24) is 0 Å². The Labute approximate surface area is 131 Å². The highest BCUT2D eigenvalue weighted by Gasteiger charge is 2.25. The lowest BCUT2D eigenvalue weighted by Gasteiger charge is -2.28. The Morgan fingerprint density at radius 1 is 1.29 bits per heavy atom. The average molecular weight is 310 g/mol. The van der Waals surface area contributed by atoms with E-state index in [1.54, 1.807) is 6.07 Å². The standard InChI is InChI=1S/C17H24ClNO2/c18-15-5-4-13(12-14(15)16(20)7-11-19)6-10-17(21)8-2-1-3-9-17/h4-6,10,12,16,20-21H,1-3,7-9,11,19H2/b10-6+. The highest BCUT2D eigenvalue weighted by molar-refractivity contribution is 6.31. The van der Waals surface area contributed by atoms with E-state index in [4.69, 9.17) is 17.3 Å². The monoisotopic (exact) mass is 309 g/mol. The summed E-state index contributed by atoms with van der Waals surface area (Å²) in [6.45, 7) is 0.414. The van der Waals surface area contributed by atoms with Crippen molar-refractivity contribution in [3.05, 3.63) is 40.4 Å². The minimum absolute atomic E-state index is 0.414. The van der Waals surface area contributed by atoms with Gasteiger partial charge in [-0.05, 0) is 49.1 Å². The van der Waals surface area contributed by atoms with Gasteiger partial charge in [-0.25, -0.2) is 0 Å². The predicted octanol–water partition coefficient (Wildman–Crippen LogP) is 3.43. The second kappa shape index (κ2) is 7.41. The summed E-state index contributed by atoms with van der Waals surface area (Å²) in [5.74, 6) is 0. The molecular formula is C17H24ClNO2. The van der Waals surface area contributed by atoms with Crippen LogP contribution >= 0.6 is 11.6 Å². The second-order valence-electron chi connectivity index (χ2n) is 5.87. The number of nitrogens with two attached hydrogens (primary N) is 1. The molecule has 0 radical (unpaired) electrons. The summed E-state index contributed by atoms with van der Waals surface area (Å²) in [6, 6.07) is 5.54. The molecule has 4 N–H and O–H groups in total. The van der Waals surface area contributed by atoms with Crippen LogP contribution in [0.4, 0.5) is 0 Å². The fourth-order valence-electron chi connectivity index (χ4n) is 2.82. The van der Waals surface area contributed by atoms with Crippen molar-refractivity contribution >= 4 is 17.7 Å². The Morgan fingerprint density at radius 2 is 2.00 bits per heavy atom. The minimum Gasteiger partial charge on any atom is -0.388 e. The minimum atomic E-state index is -0.687. The summed E-state index contributed by atoms with van der Waals surface area (Å²) in [4.78, 5) is 0. The normalized spacial score (nSPS) is 19.8. The molecule has 4 heteroatoms. The van der Waals surface area contributed by atoms with Crippen LogP contribution in [0.15, 0.2) is 24.3 Å². The molecule has 0 heterocycles. The van der Waals surface area contributed by atoms with Crippen LogP contribution < -0.4 is 5.73 Å². The molecule has 1 atom stereocenters. The van der Waals surface area contributed by atoms with Crippen LogP contribution in [0.1, 0.15) is 55.8 Å². The Hall–Kier alpha value is -0.870. The van der Waals surface area contributed by atoms with Crippen LogP contribution in [-0.2, 0) is 0 Å². The van der Waals surface area contributed by atoms with Gasteiger partial charge in [0.25, 0.3) is 0 Å². The molecule has 0 aliphatic heterocycles. The number of hydrogen-bond donors (Lipinski definition) is 3. The second-order valence-corrected chi connectivity index (χ2v) is 6.28. The molecule has 0 bridgehead atoms. The third kappa shape index (κ3) is 4.55. The van der Waals surface area contributed by atoms with E-state index in [0.29, 0.717) is 23.6 Å². The maximum Gasteiger partial charge on any atom is 0.0830 e. The van der Waals surface area contributed by atoms with E-state index >= 15 is 0 Å². The van der Waals surface area contributed by atoms with Crippen LogP contribution in [0.5, 0.6) is 0 Å². The fourth-order valence-corrected chi connectivity index (χ4v) is 3.06. The molecule has 1 aromatic rings. The van der Waals surface area contributed by atoms with Gasteiger partial charge in [-0.15, -0.1) is 0 Å². The van der Waals surface area contributed by atoms with Gasteiger partial charge < -0.3 is 15.9 Å². The topological polar surface area (TPSA) is 66.5 Å². The molecule has 1 fully saturated rings. The number of aliphatic hydroxyl groups excluding tert-OH is 1. The molecule has 1 aromatic carbocycles. The van der Waals surface area contributed by atoms with E-state index < -0.39 is 11.7 Å². The molecule has 1 unspecified atom stereocenters. The zero-order valence-electron chi connectivity index (χ0n) is 12.3. The Kier molecular flexibility index (Phi) is 5.82. The van der Waals surface area contributed by atoms with E-state index in [9.17, 15) is 10.2 Å². The van der Waals surface area contributed by atoms with E-state index in [2.05, 4.69) is 0 Å². The molecule has 116 valence electrons. The van der Waals surface area contributed by atoms with Gasteiger partial charge in [0.05, 0.1) is 11.7 Å². The van der Waals surface area contributed by atoms with Crippen molar-refractivity contribution in [3.63, 3.8) is 0 Å². The molecule has 0 spiro atoms. The molecule has 2 rings (SSSR count). The number of benzene rings is 1. The van der Waals surface area contributed by atoms with Crippen molar-refractivity contribution in [2.45, 2.75) is 50.2 Å². The van der Waals surface area contributed by atoms with Crippen LogP contribution in [0, 0.1) is 0 Å². The number of halogens is 1. The lowest BCUT2D eigenvalue weighted by molar-refractivity contribution is 0.0521. The van der Waals surface area contributed by atoms with Gasteiger partial charge in [0, 0.05) is 5.02 Å². The highest BCUT2D eigenvalue weighted by Crippen LogP contribution is 2.31. The number of rotatable bonds is 5. The summed E-state index contributed by atoms with van der Waals surface area (Å²) >= 11 is 6.13. The molecule has 0 amide bonds. The molecule has 3 nitrogen and oxygen atoms in total. The smallest absolute Gasteiger partial charge is 0.0830 e. The highest BCUT2D eigenvalue weighted by atomic mass is 35.5. The molecule has 1 aliphatic rings. The van der Waals surface area contributed by atoms with Gasteiger partial charge in [-0.2, -0.15) is 0 Å². The van der Waals surface area contributed by atoms with Crippen molar-refractivity contribution in [3.8, 4) is 0 Å². The maximum absolute atomic E-state index is 10.5. The third-order valence-electron chi connectivity index (χ3n) is 4.12. The number of hydrogen-bond acceptors (Lipinski definition) is 3. The van der Waals surface area contributed by atoms with Crippen molar-refractivity contribution in [1.29, 1.82) is 0 Å². The van der Waals surface area contributed by atoms with Crippen LogP contribution in [0.3, 0.4) is 0 Å². The summed E-state index contributed by atoms with van der Waals surface area (Å²) in [5, 5.41) is 21.1. The molecule has 0 aromatic heterocycles. The largest absolute Gasteiger partial charge is 0.388 e. The van der Waals surface area contributed by atoms with Gasteiger partial charge in [0.15, 0.2) is 0 Å². The van der Waals surface area contributed by atoms with Gasteiger partial charge in [-0.3, -0.25) is 0 Å². The lowest BCUT2D eigenvalue weighted by Crippen LogP contribution is -2.28. The van der Waals surface area contributed by atoms with Gasteiger partial charge in [0.2, 0.25) is 0 Å². The summed E-state index contributed by atoms with van der Waals surface area (Å²) < 4.78 is 0. The van der Waals surface area contributed by atoms with Crippen LogP contribution in [0.2, 0.25) is 5.02 Å². The molecule has 1 saturated carbocycles. The first-order valence-corrected chi connectivity index (χ1v) is 8.01. The molecular weight excluding hydrogens is 286 g/mol.